The van der Waals surface area contributed by atoms with Crippen LogP contribution in [0.3, 0.4) is 0 Å². The second-order valence-corrected chi connectivity index (χ2v) is 5.18. The van der Waals surface area contributed by atoms with Gasteiger partial charge in [0.1, 0.15) is 11.6 Å². The van der Waals surface area contributed by atoms with Crippen LogP contribution in [0.5, 0.6) is 5.75 Å². The van der Waals surface area contributed by atoms with Gasteiger partial charge >= 0.3 is 5.97 Å². The van der Waals surface area contributed by atoms with Crippen molar-refractivity contribution >= 4 is 22.7 Å². The van der Waals surface area contributed by atoms with Crippen molar-refractivity contribution in [2.75, 3.05) is 12.8 Å². The Bertz CT molecular complexity index is 871. The summed E-state index contributed by atoms with van der Waals surface area (Å²) in [6.45, 7) is 0.344. The Morgan fingerprint density at radius 1 is 1.30 bits per heavy atom. The normalized spacial score (nSPS) is 10.8. The summed E-state index contributed by atoms with van der Waals surface area (Å²) in [5.74, 6) is 0.451. The van der Waals surface area contributed by atoms with E-state index in [0.717, 1.165) is 16.6 Å². The van der Waals surface area contributed by atoms with E-state index < -0.39 is 5.97 Å². The van der Waals surface area contributed by atoms with Crippen LogP contribution in [0.4, 0.5) is 5.69 Å². The number of fused-ring (bicyclic) bond motifs is 1. The van der Waals surface area contributed by atoms with Gasteiger partial charge in [-0.15, -0.1) is 0 Å². The molecule has 1 heterocycles. The van der Waals surface area contributed by atoms with Crippen LogP contribution in [0.15, 0.2) is 42.5 Å². The Hall–Kier alpha value is -3.02. The van der Waals surface area contributed by atoms with E-state index in [4.69, 9.17) is 15.6 Å². The zero-order valence-corrected chi connectivity index (χ0v) is 12.7. The topological polar surface area (TPSA) is 90.4 Å². The summed E-state index contributed by atoms with van der Waals surface area (Å²) in [5.41, 5.74) is 9.04. The van der Waals surface area contributed by atoms with Crippen LogP contribution >= 0.6 is 0 Å². The van der Waals surface area contributed by atoms with Gasteiger partial charge in [0.05, 0.1) is 30.3 Å². The number of hydrogen-bond donors (Lipinski definition) is 2. The molecule has 1 aromatic heterocycles. The predicted octanol–water partition coefficient (Wildman–Crippen LogP) is 2.77. The molecular formula is C17H17N3O3. The molecule has 6 heteroatoms. The molecule has 0 atom stereocenters. The maximum absolute atomic E-state index is 10.9. The lowest BCUT2D eigenvalue weighted by molar-refractivity contribution is -0.137. The molecule has 3 aromatic rings. The Morgan fingerprint density at radius 3 is 2.78 bits per heavy atom. The molecule has 0 saturated carbocycles. The number of carbonyl (C=O) groups is 1. The van der Waals surface area contributed by atoms with Gasteiger partial charge in [0, 0.05) is 12.1 Å². The number of carboxylic acids is 1. The molecule has 0 amide bonds. The predicted molar refractivity (Wildman–Crippen MR) is 88.4 cm³/mol. The van der Waals surface area contributed by atoms with Gasteiger partial charge in [0.15, 0.2) is 0 Å². The van der Waals surface area contributed by atoms with Crippen LogP contribution in [0.2, 0.25) is 0 Å². The van der Waals surface area contributed by atoms with Crippen molar-refractivity contribution in [1.82, 2.24) is 9.55 Å². The molecule has 0 bridgehead atoms. The molecule has 0 radical (unpaired) electrons. The summed E-state index contributed by atoms with van der Waals surface area (Å²) >= 11 is 0. The molecule has 0 aliphatic carbocycles. The van der Waals surface area contributed by atoms with Crippen molar-refractivity contribution in [2.24, 2.45) is 0 Å². The summed E-state index contributed by atoms with van der Waals surface area (Å²) < 4.78 is 7.08. The number of ether oxygens (including phenoxy) is 1. The number of rotatable bonds is 5. The highest BCUT2D eigenvalue weighted by molar-refractivity contribution is 5.81. The van der Waals surface area contributed by atoms with E-state index in [1.54, 1.807) is 19.2 Å². The number of para-hydroxylation sites is 2. The third kappa shape index (κ3) is 2.83. The van der Waals surface area contributed by atoms with E-state index in [2.05, 4.69) is 4.98 Å². The van der Waals surface area contributed by atoms with Gasteiger partial charge in [0.2, 0.25) is 0 Å². The highest BCUT2D eigenvalue weighted by atomic mass is 16.5. The molecule has 23 heavy (non-hydrogen) atoms. The number of hydrogen-bond acceptors (Lipinski definition) is 4. The van der Waals surface area contributed by atoms with E-state index in [1.165, 1.54) is 0 Å². The lowest BCUT2D eigenvalue weighted by Gasteiger charge is -2.10. The quantitative estimate of drug-likeness (QED) is 0.707. The van der Waals surface area contributed by atoms with Crippen LogP contribution in [-0.4, -0.2) is 27.7 Å². The van der Waals surface area contributed by atoms with Crippen molar-refractivity contribution in [3.8, 4) is 17.1 Å². The highest BCUT2D eigenvalue weighted by Crippen LogP contribution is 2.30. The molecular weight excluding hydrogens is 294 g/mol. The number of imidazole rings is 1. The molecule has 2 aromatic carbocycles. The van der Waals surface area contributed by atoms with E-state index in [1.807, 2.05) is 34.9 Å². The number of anilines is 1. The van der Waals surface area contributed by atoms with Crippen LogP contribution in [0.25, 0.3) is 22.4 Å². The number of nitrogens with zero attached hydrogens (tertiary/aromatic N) is 2. The van der Waals surface area contributed by atoms with Gasteiger partial charge < -0.3 is 20.1 Å². The third-order valence-electron chi connectivity index (χ3n) is 3.69. The second-order valence-electron chi connectivity index (χ2n) is 5.18. The van der Waals surface area contributed by atoms with Crippen LogP contribution in [0.1, 0.15) is 6.42 Å². The first-order valence-corrected chi connectivity index (χ1v) is 7.21. The standard InChI is InChI=1S/C17H17N3O3/c1-23-15-7-6-11(10-12(15)18)17-19-13-4-2-3-5-14(13)20(17)9-8-16(21)22/h2-7,10H,8-9,18H2,1H3,(H,21,22). The highest BCUT2D eigenvalue weighted by Gasteiger charge is 2.14. The third-order valence-corrected chi connectivity index (χ3v) is 3.69. The van der Waals surface area contributed by atoms with Crippen molar-refractivity contribution < 1.29 is 14.6 Å². The Kier molecular flexibility index (Phi) is 3.89. The molecule has 0 spiro atoms. The van der Waals surface area contributed by atoms with Crippen molar-refractivity contribution in [3.05, 3.63) is 42.5 Å². The number of methoxy groups -OCH3 is 1. The van der Waals surface area contributed by atoms with Crippen LogP contribution in [-0.2, 0) is 11.3 Å². The van der Waals surface area contributed by atoms with Crippen LogP contribution in [0, 0.1) is 0 Å². The molecule has 0 unspecified atom stereocenters. The van der Waals surface area contributed by atoms with E-state index in [0.29, 0.717) is 23.8 Å². The van der Waals surface area contributed by atoms with Gasteiger partial charge in [-0.25, -0.2) is 4.98 Å². The molecule has 0 saturated heterocycles. The van der Waals surface area contributed by atoms with E-state index in [9.17, 15) is 4.79 Å². The summed E-state index contributed by atoms with van der Waals surface area (Å²) in [7, 11) is 1.56. The summed E-state index contributed by atoms with van der Waals surface area (Å²) in [6.07, 6.45) is 0.0268. The zero-order chi connectivity index (χ0) is 16.4. The summed E-state index contributed by atoms with van der Waals surface area (Å²) in [5, 5.41) is 8.99. The van der Waals surface area contributed by atoms with Gasteiger partial charge in [-0.1, -0.05) is 12.1 Å². The number of benzene rings is 2. The largest absolute Gasteiger partial charge is 0.495 e. The van der Waals surface area contributed by atoms with Crippen molar-refractivity contribution in [2.45, 2.75) is 13.0 Å². The van der Waals surface area contributed by atoms with Gasteiger partial charge in [-0.2, -0.15) is 0 Å². The Balaban J connectivity index is 2.13. The van der Waals surface area contributed by atoms with Crippen molar-refractivity contribution in [1.29, 1.82) is 0 Å². The molecule has 3 rings (SSSR count). The smallest absolute Gasteiger partial charge is 0.305 e. The van der Waals surface area contributed by atoms with Gasteiger partial charge in [-0.3, -0.25) is 4.79 Å². The Labute approximate surface area is 133 Å². The van der Waals surface area contributed by atoms with Gasteiger partial charge in [-0.05, 0) is 30.3 Å². The number of aromatic nitrogens is 2. The fourth-order valence-electron chi connectivity index (χ4n) is 2.60. The zero-order valence-electron chi connectivity index (χ0n) is 12.7. The Morgan fingerprint density at radius 2 is 2.09 bits per heavy atom. The average Bonchev–Trinajstić information content (AvgIpc) is 2.91. The second kappa shape index (κ2) is 6.00. The summed E-state index contributed by atoms with van der Waals surface area (Å²) in [4.78, 5) is 15.6. The molecule has 118 valence electrons. The van der Waals surface area contributed by atoms with Gasteiger partial charge in [0.25, 0.3) is 0 Å². The first-order chi connectivity index (χ1) is 11.1. The van der Waals surface area contributed by atoms with E-state index >= 15 is 0 Å². The fraction of sp³-hybridized carbons (Fsp3) is 0.176. The number of nitrogen functional groups attached to an aromatic ring is 1. The first-order valence-electron chi connectivity index (χ1n) is 7.21. The lowest BCUT2D eigenvalue weighted by atomic mass is 10.1. The molecule has 0 aliphatic rings. The monoisotopic (exact) mass is 311 g/mol. The molecule has 3 N–H and O–H groups in total. The number of aliphatic carboxylic acids is 1. The minimum atomic E-state index is -0.844. The number of nitrogens with two attached hydrogens (primary N) is 1. The molecule has 0 aliphatic heterocycles. The van der Waals surface area contributed by atoms with E-state index in [-0.39, 0.29) is 6.42 Å². The maximum Gasteiger partial charge on any atom is 0.305 e. The average molecular weight is 311 g/mol. The molecule has 0 fully saturated rings. The SMILES string of the molecule is COc1ccc(-c2nc3ccccc3n2CCC(=O)O)cc1N. The number of carboxylic acid groups (broad SMARTS) is 1. The number of aryl methyl sites for hydroxylation is 1. The molecule has 6 nitrogen and oxygen atoms in total. The van der Waals surface area contributed by atoms with Crippen molar-refractivity contribution in [3.63, 3.8) is 0 Å². The maximum atomic E-state index is 10.9. The minimum absolute atomic E-state index is 0.0268. The fourth-order valence-corrected chi connectivity index (χ4v) is 2.60. The first kappa shape index (κ1) is 14.9. The minimum Gasteiger partial charge on any atom is -0.495 e. The lowest BCUT2D eigenvalue weighted by Crippen LogP contribution is -2.06. The van der Waals surface area contributed by atoms with Crippen LogP contribution < -0.4 is 10.5 Å². The summed E-state index contributed by atoms with van der Waals surface area (Å²) in [6, 6.07) is 13.1.